The van der Waals surface area contributed by atoms with Gasteiger partial charge in [-0.15, -0.1) is 0 Å². The van der Waals surface area contributed by atoms with Crippen molar-refractivity contribution >= 4 is 15.8 Å². The van der Waals surface area contributed by atoms with Gasteiger partial charge in [-0.2, -0.15) is 0 Å². The summed E-state index contributed by atoms with van der Waals surface area (Å²) in [7, 11) is -3.47. The molecule has 2 heterocycles. The van der Waals surface area contributed by atoms with Gasteiger partial charge < -0.3 is 10.6 Å². The zero-order valence-electron chi connectivity index (χ0n) is 15.2. The maximum absolute atomic E-state index is 14.0. The van der Waals surface area contributed by atoms with Gasteiger partial charge in [0.15, 0.2) is 21.5 Å². The molecular weight excluding hydrogens is 374 g/mol. The number of nitrogens with one attached hydrogen (secondary N) is 2. The quantitative estimate of drug-likeness (QED) is 0.808. The monoisotopic (exact) mass is 396 g/mol. The van der Waals surface area contributed by atoms with Crippen molar-refractivity contribution in [2.24, 2.45) is 0 Å². The number of hydrogen-bond donors (Lipinski definition) is 2. The van der Waals surface area contributed by atoms with Crippen molar-refractivity contribution in [2.75, 3.05) is 24.7 Å². The predicted molar refractivity (Wildman–Crippen MR) is 98.4 cm³/mol. The Morgan fingerprint density at radius 3 is 2.74 bits per heavy atom. The molecule has 2 aromatic rings. The minimum atomic E-state index is -3.47. The summed E-state index contributed by atoms with van der Waals surface area (Å²) in [4.78, 5) is 8.54. The van der Waals surface area contributed by atoms with Crippen LogP contribution >= 0.6 is 0 Å². The van der Waals surface area contributed by atoms with Crippen molar-refractivity contribution in [3.8, 4) is 0 Å². The molecule has 0 aliphatic carbocycles. The number of hydrogen-bond acceptors (Lipinski definition) is 6. The zero-order chi connectivity index (χ0) is 19.6. The molecule has 1 aliphatic rings. The number of nitrogens with zero attached hydrogens (tertiary/aromatic N) is 2. The molecule has 146 valence electrons. The third-order valence-electron chi connectivity index (χ3n) is 4.66. The van der Waals surface area contributed by atoms with Crippen molar-refractivity contribution in [1.82, 2.24) is 15.3 Å². The highest BCUT2D eigenvalue weighted by atomic mass is 32.2. The Morgan fingerprint density at radius 2 is 2.07 bits per heavy atom. The topological polar surface area (TPSA) is 84.0 Å². The summed E-state index contributed by atoms with van der Waals surface area (Å²) in [6.07, 6.45) is 4.15. The minimum absolute atomic E-state index is 0.0103. The van der Waals surface area contributed by atoms with E-state index in [4.69, 9.17) is 0 Å². The molecule has 3 rings (SSSR count). The lowest BCUT2D eigenvalue weighted by atomic mass is 9.96. The summed E-state index contributed by atoms with van der Waals surface area (Å²) in [5, 5.41) is 6.10. The maximum atomic E-state index is 14.0. The molecule has 0 radical (unpaired) electrons. The summed E-state index contributed by atoms with van der Waals surface area (Å²) in [6.45, 7) is 3.01. The molecule has 6 nitrogen and oxygen atoms in total. The number of aryl methyl sites for hydroxylation is 1. The third-order valence-corrected chi connectivity index (χ3v) is 5.77. The van der Waals surface area contributed by atoms with Gasteiger partial charge in [0.2, 0.25) is 5.95 Å². The van der Waals surface area contributed by atoms with Crippen molar-refractivity contribution < 1.29 is 17.2 Å². The molecule has 27 heavy (non-hydrogen) atoms. The van der Waals surface area contributed by atoms with E-state index in [1.54, 1.807) is 0 Å². The van der Waals surface area contributed by atoms with E-state index in [0.29, 0.717) is 12.2 Å². The van der Waals surface area contributed by atoms with Crippen LogP contribution in [0.1, 0.15) is 35.6 Å². The molecule has 1 unspecified atom stereocenters. The molecule has 0 bridgehead atoms. The summed E-state index contributed by atoms with van der Waals surface area (Å²) < 4.78 is 51.9. The molecule has 0 spiro atoms. The van der Waals surface area contributed by atoms with Crippen LogP contribution in [0.5, 0.6) is 0 Å². The number of anilines is 1. The number of rotatable bonds is 5. The van der Waals surface area contributed by atoms with Crippen LogP contribution in [0, 0.1) is 18.6 Å². The molecule has 0 amide bonds. The molecule has 1 aromatic carbocycles. The lowest BCUT2D eigenvalue weighted by molar-refractivity contribution is 0.448. The lowest BCUT2D eigenvalue weighted by Gasteiger charge is -2.24. The van der Waals surface area contributed by atoms with Gasteiger partial charge in [0.25, 0.3) is 0 Å². The van der Waals surface area contributed by atoms with E-state index in [0.717, 1.165) is 25.6 Å². The average molecular weight is 396 g/mol. The molecule has 2 N–H and O–H groups in total. The molecule has 1 aliphatic heterocycles. The van der Waals surface area contributed by atoms with E-state index in [-0.39, 0.29) is 34.4 Å². The Labute approximate surface area is 157 Å². The second kappa shape index (κ2) is 7.85. The first-order valence-electron chi connectivity index (χ1n) is 8.72. The highest BCUT2D eigenvalue weighted by molar-refractivity contribution is 7.90. The summed E-state index contributed by atoms with van der Waals surface area (Å²) in [5.41, 5.74) is 0.838. The van der Waals surface area contributed by atoms with Gasteiger partial charge >= 0.3 is 0 Å². The Bertz CT molecular complexity index is 945. The van der Waals surface area contributed by atoms with Crippen LogP contribution in [-0.2, 0) is 16.4 Å². The van der Waals surface area contributed by atoms with Crippen LogP contribution in [-0.4, -0.2) is 37.7 Å². The normalized spacial score (nSPS) is 17.7. The van der Waals surface area contributed by atoms with Crippen molar-refractivity contribution in [1.29, 1.82) is 0 Å². The van der Waals surface area contributed by atoms with E-state index in [1.165, 1.54) is 25.3 Å². The van der Waals surface area contributed by atoms with E-state index in [2.05, 4.69) is 20.6 Å². The highest BCUT2D eigenvalue weighted by Gasteiger charge is 2.25. The zero-order valence-corrected chi connectivity index (χ0v) is 16.0. The second-order valence-corrected chi connectivity index (χ2v) is 8.77. The molecule has 1 aromatic heterocycles. The molecule has 1 saturated heterocycles. The predicted octanol–water partition coefficient (Wildman–Crippen LogP) is 2.55. The SMILES string of the molecule is Cc1ccc(CNc2ncc(S(C)(=O)=O)c(C3CCCNC3)n2)c(F)c1F. The Morgan fingerprint density at radius 1 is 1.30 bits per heavy atom. The van der Waals surface area contributed by atoms with Gasteiger partial charge in [0, 0.05) is 30.8 Å². The van der Waals surface area contributed by atoms with E-state index >= 15 is 0 Å². The first-order valence-corrected chi connectivity index (χ1v) is 10.6. The third kappa shape index (κ3) is 4.41. The number of piperidine rings is 1. The first kappa shape index (κ1) is 19.6. The second-order valence-electron chi connectivity index (χ2n) is 6.78. The smallest absolute Gasteiger partial charge is 0.223 e. The summed E-state index contributed by atoms with van der Waals surface area (Å²) in [5.74, 6) is -1.65. The van der Waals surface area contributed by atoms with Gasteiger partial charge in [-0.3, -0.25) is 0 Å². The average Bonchev–Trinajstić information content (AvgIpc) is 2.65. The Hall–Kier alpha value is -2.13. The van der Waals surface area contributed by atoms with Crippen molar-refractivity contribution in [2.45, 2.75) is 37.1 Å². The lowest BCUT2D eigenvalue weighted by Crippen LogP contribution is -2.30. The van der Waals surface area contributed by atoms with Gasteiger partial charge in [0.05, 0.1) is 11.9 Å². The fourth-order valence-electron chi connectivity index (χ4n) is 3.13. The summed E-state index contributed by atoms with van der Waals surface area (Å²) in [6, 6.07) is 3.00. The molecular formula is C18H22F2N4O2S. The van der Waals surface area contributed by atoms with E-state index in [9.17, 15) is 17.2 Å². The van der Waals surface area contributed by atoms with Crippen molar-refractivity contribution in [3.05, 3.63) is 46.8 Å². The highest BCUT2D eigenvalue weighted by Crippen LogP contribution is 2.28. The van der Waals surface area contributed by atoms with Crippen LogP contribution < -0.4 is 10.6 Å². The van der Waals surface area contributed by atoms with Crippen LogP contribution in [0.15, 0.2) is 23.2 Å². The van der Waals surface area contributed by atoms with Gasteiger partial charge in [-0.05, 0) is 31.9 Å². The van der Waals surface area contributed by atoms with Crippen LogP contribution in [0.2, 0.25) is 0 Å². The van der Waals surface area contributed by atoms with E-state index in [1.807, 2.05) is 0 Å². The number of sulfone groups is 1. The fraction of sp³-hybridized carbons (Fsp3) is 0.444. The Balaban J connectivity index is 1.87. The molecule has 1 atom stereocenters. The first-order chi connectivity index (χ1) is 12.8. The maximum Gasteiger partial charge on any atom is 0.223 e. The number of halogens is 2. The molecule has 1 fully saturated rings. The van der Waals surface area contributed by atoms with Crippen molar-refractivity contribution in [3.63, 3.8) is 0 Å². The minimum Gasteiger partial charge on any atom is -0.350 e. The Kier molecular flexibility index (Phi) is 5.71. The molecule has 9 heteroatoms. The van der Waals surface area contributed by atoms with Crippen LogP contribution in [0.4, 0.5) is 14.7 Å². The number of benzene rings is 1. The van der Waals surface area contributed by atoms with Gasteiger partial charge in [0.1, 0.15) is 4.90 Å². The van der Waals surface area contributed by atoms with Gasteiger partial charge in [-0.1, -0.05) is 12.1 Å². The van der Waals surface area contributed by atoms with Gasteiger partial charge in [-0.25, -0.2) is 27.2 Å². The van der Waals surface area contributed by atoms with E-state index < -0.39 is 21.5 Å². The standard InChI is InChI=1S/C18H22F2N4O2S/c1-11-5-6-12(16(20)15(11)19)9-22-18-23-10-14(27(2,25)26)17(24-18)13-4-3-7-21-8-13/h5-6,10,13,21H,3-4,7-9H2,1-2H3,(H,22,23,24). The van der Waals surface area contributed by atoms with Crippen LogP contribution in [0.3, 0.4) is 0 Å². The van der Waals surface area contributed by atoms with Crippen LogP contribution in [0.25, 0.3) is 0 Å². The summed E-state index contributed by atoms with van der Waals surface area (Å²) >= 11 is 0. The largest absolute Gasteiger partial charge is 0.350 e. The fourth-order valence-corrected chi connectivity index (χ4v) is 3.97. The molecule has 0 saturated carbocycles. The number of aromatic nitrogens is 2.